The van der Waals surface area contributed by atoms with Gasteiger partial charge in [0.05, 0.1) is 4.90 Å². The molecule has 0 aliphatic heterocycles. The zero-order valence-electron chi connectivity index (χ0n) is 11.0. The van der Waals surface area contributed by atoms with Crippen molar-refractivity contribution in [2.45, 2.75) is 23.7 Å². The van der Waals surface area contributed by atoms with E-state index >= 15 is 0 Å². The van der Waals surface area contributed by atoms with E-state index in [1.165, 1.54) is 24.5 Å². The van der Waals surface area contributed by atoms with Crippen LogP contribution in [0.2, 0.25) is 0 Å². The van der Waals surface area contributed by atoms with Crippen molar-refractivity contribution < 1.29 is 17.7 Å². The van der Waals surface area contributed by atoms with Crippen molar-refractivity contribution in [3.05, 3.63) is 47.3 Å². The minimum absolute atomic E-state index is 0.183. The van der Waals surface area contributed by atoms with Crippen LogP contribution in [0.4, 0.5) is 0 Å². The number of alkyl halides is 1. The van der Waals surface area contributed by atoms with E-state index in [9.17, 15) is 13.2 Å². The van der Waals surface area contributed by atoms with Gasteiger partial charge in [-0.25, -0.2) is 8.42 Å². The monoisotopic (exact) mass is 325 g/mol. The molecule has 0 unspecified atom stereocenters. The highest BCUT2D eigenvalue weighted by Gasteiger charge is 2.31. The molecular formula is C14H12ClNO4S. The third kappa shape index (κ3) is 2.73. The topological polar surface area (TPSA) is 77.2 Å². The summed E-state index contributed by atoms with van der Waals surface area (Å²) in [6, 6.07) is 6.05. The Morgan fingerprint density at radius 2 is 2.10 bits per heavy atom. The fourth-order valence-corrected chi connectivity index (χ4v) is 3.55. The van der Waals surface area contributed by atoms with E-state index in [4.69, 9.17) is 11.6 Å². The SMILES string of the molecule is O=C(c1ccc(S(=O)(=O)CCl)c(C2CC2)c1)c1ccon1. The van der Waals surface area contributed by atoms with Gasteiger partial charge < -0.3 is 4.52 Å². The summed E-state index contributed by atoms with van der Waals surface area (Å²) in [4.78, 5) is 12.5. The lowest BCUT2D eigenvalue weighted by atomic mass is 10.0. The number of carbonyl (C=O) groups excluding carboxylic acids is 1. The fourth-order valence-electron chi connectivity index (χ4n) is 2.22. The standard InChI is InChI=1S/C14H12ClNO4S/c15-8-21(18,19)13-4-3-10(7-11(13)9-1-2-9)14(17)12-5-6-20-16-12/h3-7,9H,1-2,8H2. The van der Waals surface area contributed by atoms with Gasteiger partial charge >= 0.3 is 0 Å². The maximum Gasteiger partial charge on any atom is 0.214 e. The van der Waals surface area contributed by atoms with Gasteiger partial charge in [-0.05, 0) is 42.5 Å². The molecule has 2 aromatic rings. The molecule has 110 valence electrons. The smallest absolute Gasteiger partial charge is 0.214 e. The molecule has 1 aliphatic carbocycles. The molecule has 0 atom stereocenters. The summed E-state index contributed by atoms with van der Waals surface area (Å²) in [6.45, 7) is 0. The zero-order valence-corrected chi connectivity index (χ0v) is 12.5. The van der Waals surface area contributed by atoms with Gasteiger partial charge in [-0.3, -0.25) is 4.79 Å². The number of benzene rings is 1. The van der Waals surface area contributed by atoms with Gasteiger partial charge in [0.15, 0.2) is 15.5 Å². The molecule has 0 bridgehead atoms. The molecule has 0 N–H and O–H groups in total. The highest BCUT2D eigenvalue weighted by Crippen LogP contribution is 2.43. The first-order chi connectivity index (χ1) is 10.0. The van der Waals surface area contributed by atoms with Crippen molar-refractivity contribution >= 4 is 27.2 Å². The van der Waals surface area contributed by atoms with Crippen LogP contribution in [0.1, 0.15) is 40.4 Å². The van der Waals surface area contributed by atoms with Crippen molar-refractivity contribution in [3.8, 4) is 0 Å². The Morgan fingerprint density at radius 3 is 2.67 bits per heavy atom. The van der Waals surface area contributed by atoms with Crippen LogP contribution in [0, 0.1) is 0 Å². The Kier molecular flexibility index (Phi) is 3.59. The average Bonchev–Trinajstić information content (AvgIpc) is 3.20. The fraction of sp³-hybridized carbons (Fsp3) is 0.286. The van der Waals surface area contributed by atoms with Gasteiger partial charge in [-0.2, -0.15) is 0 Å². The number of rotatable bonds is 5. The number of hydrogen-bond acceptors (Lipinski definition) is 5. The quantitative estimate of drug-likeness (QED) is 0.624. The minimum atomic E-state index is -3.51. The van der Waals surface area contributed by atoms with Crippen molar-refractivity contribution in [3.63, 3.8) is 0 Å². The van der Waals surface area contributed by atoms with E-state index in [1.54, 1.807) is 6.07 Å². The number of hydrogen-bond donors (Lipinski definition) is 0. The molecule has 7 heteroatoms. The normalized spacial score (nSPS) is 15.1. The van der Waals surface area contributed by atoms with Crippen molar-refractivity contribution in [2.24, 2.45) is 0 Å². The second-order valence-corrected chi connectivity index (χ2v) is 7.51. The summed E-state index contributed by atoms with van der Waals surface area (Å²) < 4.78 is 28.7. The highest BCUT2D eigenvalue weighted by atomic mass is 35.5. The molecule has 1 aromatic heterocycles. The summed E-state index contributed by atoms with van der Waals surface area (Å²) in [5.74, 6) is -0.108. The number of halogens is 1. The number of carbonyl (C=O) groups is 1. The van der Waals surface area contributed by atoms with E-state index in [0.29, 0.717) is 11.1 Å². The molecule has 21 heavy (non-hydrogen) atoms. The van der Waals surface area contributed by atoms with Gasteiger partial charge in [0.25, 0.3) is 0 Å². The number of nitrogens with zero attached hydrogens (tertiary/aromatic N) is 1. The second-order valence-electron chi connectivity index (χ2n) is 4.96. The maximum absolute atomic E-state index is 12.2. The molecule has 1 heterocycles. The van der Waals surface area contributed by atoms with Crippen LogP contribution in [0.15, 0.2) is 39.9 Å². The first-order valence-electron chi connectivity index (χ1n) is 6.40. The molecule has 1 saturated carbocycles. The highest BCUT2D eigenvalue weighted by molar-refractivity contribution is 7.92. The second kappa shape index (κ2) is 5.27. The summed E-state index contributed by atoms with van der Waals surface area (Å²) in [7, 11) is -3.51. The zero-order chi connectivity index (χ0) is 15.0. The number of ketones is 1. The molecule has 0 saturated heterocycles. The summed E-state index contributed by atoms with van der Waals surface area (Å²) in [6.07, 6.45) is 3.17. The predicted molar refractivity (Wildman–Crippen MR) is 76.3 cm³/mol. The van der Waals surface area contributed by atoms with Crippen LogP contribution in [0.5, 0.6) is 0 Å². The third-order valence-corrected chi connectivity index (χ3v) is 5.63. The maximum atomic E-state index is 12.2. The molecule has 3 rings (SSSR count). The number of aromatic nitrogens is 1. The lowest BCUT2D eigenvalue weighted by molar-refractivity contribution is 0.103. The Labute approximate surface area is 126 Å². The molecule has 0 amide bonds. The molecule has 5 nitrogen and oxygen atoms in total. The lowest BCUT2D eigenvalue weighted by Gasteiger charge is -2.09. The van der Waals surface area contributed by atoms with Crippen LogP contribution in [-0.4, -0.2) is 24.6 Å². The molecule has 1 aliphatic rings. The van der Waals surface area contributed by atoms with Crippen LogP contribution >= 0.6 is 11.6 Å². The molecule has 1 aromatic carbocycles. The van der Waals surface area contributed by atoms with Crippen molar-refractivity contribution in [1.29, 1.82) is 0 Å². The van der Waals surface area contributed by atoms with E-state index in [2.05, 4.69) is 9.68 Å². The predicted octanol–water partition coefficient (Wildman–Crippen LogP) is 2.75. The molecular weight excluding hydrogens is 314 g/mol. The van der Waals surface area contributed by atoms with Gasteiger partial charge in [0.2, 0.25) is 5.78 Å². The Hall–Kier alpha value is -1.66. The summed E-state index contributed by atoms with van der Waals surface area (Å²) in [5.41, 5.74) is 1.27. The van der Waals surface area contributed by atoms with E-state index < -0.39 is 15.0 Å². The van der Waals surface area contributed by atoms with E-state index in [1.807, 2.05) is 0 Å². The number of sulfone groups is 1. The van der Waals surface area contributed by atoms with Crippen LogP contribution < -0.4 is 0 Å². The Morgan fingerprint density at radius 1 is 1.33 bits per heavy atom. The Bertz CT molecular complexity index is 779. The van der Waals surface area contributed by atoms with Crippen molar-refractivity contribution in [1.82, 2.24) is 5.16 Å². The average molecular weight is 326 g/mol. The lowest BCUT2D eigenvalue weighted by Crippen LogP contribution is -2.08. The van der Waals surface area contributed by atoms with E-state index in [-0.39, 0.29) is 22.3 Å². The van der Waals surface area contributed by atoms with Gasteiger partial charge in [-0.1, -0.05) is 5.16 Å². The molecule has 1 fully saturated rings. The van der Waals surface area contributed by atoms with Crippen LogP contribution in [-0.2, 0) is 9.84 Å². The molecule has 0 radical (unpaired) electrons. The first-order valence-corrected chi connectivity index (χ1v) is 8.59. The summed E-state index contributed by atoms with van der Waals surface area (Å²) in [5, 5.41) is 3.14. The van der Waals surface area contributed by atoms with Gasteiger partial charge in [0.1, 0.15) is 11.5 Å². The Balaban J connectivity index is 2.06. The van der Waals surface area contributed by atoms with Crippen molar-refractivity contribution in [2.75, 3.05) is 5.21 Å². The van der Waals surface area contributed by atoms with Crippen LogP contribution in [0.3, 0.4) is 0 Å². The van der Waals surface area contributed by atoms with Gasteiger partial charge in [0, 0.05) is 11.6 Å². The third-order valence-electron chi connectivity index (χ3n) is 3.44. The largest absolute Gasteiger partial charge is 0.364 e. The van der Waals surface area contributed by atoms with E-state index in [0.717, 1.165) is 12.8 Å². The minimum Gasteiger partial charge on any atom is -0.364 e. The van der Waals surface area contributed by atoms with Crippen LogP contribution in [0.25, 0.3) is 0 Å². The molecule has 0 spiro atoms. The van der Waals surface area contributed by atoms with Gasteiger partial charge in [-0.15, -0.1) is 11.6 Å². The first kappa shape index (κ1) is 14.3. The summed E-state index contributed by atoms with van der Waals surface area (Å²) >= 11 is 5.53.